The van der Waals surface area contributed by atoms with Gasteiger partial charge in [0.2, 0.25) is 0 Å². The second-order valence-electron chi connectivity index (χ2n) is 10.8. The topological polar surface area (TPSA) is 58.0 Å². The Morgan fingerprint density at radius 1 is 0.667 bits per heavy atom. The van der Waals surface area contributed by atoms with Gasteiger partial charge in [0.15, 0.2) is 0 Å². The van der Waals surface area contributed by atoms with Crippen molar-refractivity contribution in [2.24, 2.45) is 11.8 Å². The summed E-state index contributed by atoms with van der Waals surface area (Å²) in [5, 5.41) is 2.46. The van der Waals surface area contributed by atoms with Crippen molar-refractivity contribution in [1.82, 2.24) is 27.3 Å². The summed E-state index contributed by atoms with van der Waals surface area (Å²) in [4.78, 5) is 5.20. The van der Waals surface area contributed by atoms with Crippen LogP contribution in [0.2, 0.25) is 0 Å². The predicted molar refractivity (Wildman–Crippen MR) is 155 cm³/mol. The van der Waals surface area contributed by atoms with E-state index >= 15 is 0 Å². The molecule has 8 rings (SSSR count). The van der Waals surface area contributed by atoms with Crippen molar-refractivity contribution < 1.29 is 0 Å². The maximum absolute atomic E-state index is 4.62. The predicted octanol–water partition coefficient (Wildman–Crippen LogP) is 6.48. The number of unbranched alkanes of at least 4 members (excludes halogenated alkanes) is 2. The highest BCUT2D eigenvalue weighted by atomic mass is 32.2. The minimum Gasteiger partial charge on any atom is -0.303 e. The first-order chi connectivity index (χ1) is 17.8. The fourth-order valence-electron chi connectivity index (χ4n) is 6.20. The van der Waals surface area contributed by atoms with Crippen molar-refractivity contribution in [2.75, 3.05) is 50.8 Å². The van der Waals surface area contributed by atoms with Crippen molar-refractivity contribution in [3.8, 4) is 0 Å². The lowest BCUT2D eigenvalue weighted by Crippen LogP contribution is -2.46. The highest BCUT2D eigenvalue weighted by Gasteiger charge is 2.38. The highest BCUT2D eigenvalue weighted by molar-refractivity contribution is 7.99. The first kappa shape index (κ1) is 27.3. The summed E-state index contributed by atoms with van der Waals surface area (Å²) in [5.74, 6) is 5.44. The zero-order valence-electron chi connectivity index (χ0n) is 21.9. The summed E-state index contributed by atoms with van der Waals surface area (Å²) in [7, 11) is 0. The van der Waals surface area contributed by atoms with Crippen LogP contribution in [0.3, 0.4) is 0 Å². The Labute approximate surface area is 234 Å². The van der Waals surface area contributed by atoms with Crippen molar-refractivity contribution in [3.05, 3.63) is 11.4 Å². The molecule has 8 heterocycles. The largest absolute Gasteiger partial charge is 0.303 e. The minimum atomic E-state index is 0.662. The van der Waals surface area contributed by atoms with Crippen molar-refractivity contribution in [2.45, 2.75) is 87.1 Å². The molecule has 6 fully saturated rings. The Balaban J connectivity index is 0.000000148. The molecule has 10 heteroatoms. The number of fused-ring (bicyclic) bond motifs is 6. The summed E-state index contributed by atoms with van der Waals surface area (Å²) >= 11 is 6.65. The molecule has 0 spiro atoms. The maximum atomic E-state index is 4.62. The van der Waals surface area contributed by atoms with Crippen molar-refractivity contribution in [1.29, 1.82) is 0 Å². The van der Waals surface area contributed by atoms with E-state index < -0.39 is 0 Å². The lowest BCUT2D eigenvalue weighted by molar-refractivity contribution is 0.0846. The molecular weight excluding hydrogens is 525 g/mol. The van der Waals surface area contributed by atoms with Gasteiger partial charge in [0.25, 0.3) is 0 Å². The molecule has 2 aromatic heterocycles. The van der Waals surface area contributed by atoms with Crippen LogP contribution in [0.25, 0.3) is 0 Å². The molecule has 0 aliphatic carbocycles. The Morgan fingerprint density at radius 2 is 1.08 bits per heavy atom. The Hall–Kier alpha value is -0.260. The van der Waals surface area contributed by atoms with Crippen LogP contribution < -0.4 is 0 Å². The quantitative estimate of drug-likeness (QED) is 0.239. The van der Waals surface area contributed by atoms with Crippen LogP contribution in [0, 0.1) is 11.8 Å². The SMILES string of the molecule is CCCCSc1nsnc1C1CN2CCC1CC2.CCCCSc1nsnc1C1CN2CCC1CC2. The summed E-state index contributed by atoms with van der Waals surface area (Å²) < 4.78 is 18.3. The van der Waals surface area contributed by atoms with Crippen LogP contribution in [0.1, 0.15) is 88.4 Å². The molecule has 0 saturated carbocycles. The van der Waals surface area contributed by atoms with Crippen LogP contribution in [0.5, 0.6) is 0 Å². The van der Waals surface area contributed by atoms with Gasteiger partial charge in [0.1, 0.15) is 10.1 Å². The Kier molecular flexibility index (Phi) is 10.4. The summed E-state index contributed by atoms with van der Waals surface area (Å²) in [6.07, 6.45) is 10.5. The number of piperidine rings is 6. The van der Waals surface area contributed by atoms with Gasteiger partial charge in [-0.3, -0.25) is 0 Å². The smallest absolute Gasteiger partial charge is 0.134 e. The van der Waals surface area contributed by atoms with E-state index in [1.807, 2.05) is 23.5 Å². The molecule has 6 aliphatic rings. The van der Waals surface area contributed by atoms with E-state index in [0.29, 0.717) is 11.8 Å². The lowest BCUT2D eigenvalue weighted by atomic mass is 9.78. The molecule has 200 valence electrons. The maximum Gasteiger partial charge on any atom is 0.134 e. The zero-order valence-corrected chi connectivity index (χ0v) is 25.2. The summed E-state index contributed by atoms with van der Waals surface area (Å²) in [5.41, 5.74) is 2.63. The van der Waals surface area contributed by atoms with Gasteiger partial charge in [-0.25, -0.2) is 0 Å². The molecule has 6 saturated heterocycles. The molecule has 6 nitrogen and oxygen atoms in total. The van der Waals surface area contributed by atoms with Gasteiger partial charge in [-0.2, -0.15) is 17.5 Å². The van der Waals surface area contributed by atoms with Gasteiger partial charge in [0.05, 0.1) is 34.8 Å². The normalized spacial score (nSPS) is 30.8. The van der Waals surface area contributed by atoms with E-state index in [-0.39, 0.29) is 0 Å². The number of aromatic nitrogens is 4. The molecule has 0 N–H and O–H groups in total. The lowest BCUT2D eigenvalue weighted by Gasteiger charge is -2.44. The van der Waals surface area contributed by atoms with Crippen LogP contribution in [0.15, 0.2) is 10.1 Å². The Bertz CT molecular complexity index is 845. The first-order valence-electron chi connectivity index (χ1n) is 14.1. The van der Waals surface area contributed by atoms with Crippen molar-refractivity contribution in [3.63, 3.8) is 0 Å². The highest BCUT2D eigenvalue weighted by Crippen LogP contribution is 2.42. The number of hydrogen-bond acceptors (Lipinski definition) is 10. The molecule has 2 unspecified atom stereocenters. The average molecular weight is 567 g/mol. The summed E-state index contributed by atoms with van der Waals surface area (Å²) in [6.45, 7) is 12.1. The second kappa shape index (κ2) is 13.7. The number of hydrogen-bond donors (Lipinski definition) is 0. The monoisotopic (exact) mass is 566 g/mol. The van der Waals surface area contributed by atoms with Crippen LogP contribution >= 0.6 is 47.0 Å². The fraction of sp³-hybridized carbons (Fsp3) is 0.846. The standard InChI is InChI=1S/2C13H21N3S2/c2*1-2-3-8-17-13-12(14-18-15-13)11-9-16-6-4-10(11)5-7-16/h2*10-11H,2-9H2,1H3. The first-order valence-corrected chi connectivity index (χ1v) is 17.5. The van der Waals surface area contributed by atoms with Crippen LogP contribution in [-0.2, 0) is 0 Å². The van der Waals surface area contributed by atoms with Gasteiger partial charge in [0, 0.05) is 24.9 Å². The molecule has 4 bridgehead atoms. The van der Waals surface area contributed by atoms with E-state index in [9.17, 15) is 0 Å². The van der Waals surface area contributed by atoms with E-state index in [2.05, 4.69) is 41.1 Å². The zero-order chi connectivity index (χ0) is 24.7. The fourth-order valence-corrected chi connectivity index (χ4v) is 9.92. The van der Waals surface area contributed by atoms with Crippen molar-refractivity contribution >= 4 is 47.0 Å². The molecule has 0 aromatic carbocycles. The number of thioether (sulfide) groups is 2. The molecule has 0 radical (unpaired) electrons. The molecule has 2 atom stereocenters. The van der Waals surface area contributed by atoms with Gasteiger partial charge >= 0.3 is 0 Å². The van der Waals surface area contributed by atoms with E-state index in [1.54, 1.807) is 0 Å². The third-order valence-corrected chi connectivity index (χ3v) is 11.9. The average Bonchev–Trinajstić information content (AvgIpc) is 3.60. The Morgan fingerprint density at radius 3 is 1.42 bits per heavy atom. The number of nitrogens with zero attached hydrogens (tertiary/aromatic N) is 6. The summed E-state index contributed by atoms with van der Waals surface area (Å²) in [6, 6.07) is 0. The molecule has 0 amide bonds. The van der Waals surface area contributed by atoms with E-state index in [1.165, 1.54) is 147 Å². The number of rotatable bonds is 10. The third-order valence-electron chi connectivity index (χ3n) is 8.45. The van der Waals surface area contributed by atoms with E-state index in [4.69, 9.17) is 0 Å². The van der Waals surface area contributed by atoms with Gasteiger partial charge < -0.3 is 9.80 Å². The molecule has 6 aliphatic heterocycles. The second-order valence-corrected chi connectivity index (χ2v) is 14.0. The molecule has 36 heavy (non-hydrogen) atoms. The van der Waals surface area contributed by atoms with Crippen LogP contribution in [-0.4, -0.2) is 78.1 Å². The van der Waals surface area contributed by atoms with E-state index in [0.717, 1.165) is 11.8 Å². The van der Waals surface area contributed by atoms with Gasteiger partial charge in [-0.1, -0.05) is 26.7 Å². The van der Waals surface area contributed by atoms with Gasteiger partial charge in [-0.15, -0.1) is 23.5 Å². The third kappa shape index (κ3) is 6.65. The molecular formula is C26H42N6S4. The van der Waals surface area contributed by atoms with Crippen LogP contribution in [0.4, 0.5) is 0 Å². The van der Waals surface area contributed by atoms with Gasteiger partial charge in [-0.05, 0) is 88.0 Å². The molecule has 2 aromatic rings. The minimum absolute atomic E-state index is 0.662.